The van der Waals surface area contributed by atoms with Gasteiger partial charge in [0.2, 0.25) is 0 Å². The number of carbonyl (C=O) groups is 4. The zero-order valence-corrected chi connectivity index (χ0v) is 53.4. The van der Waals surface area contributed by atoms with Crippen LogP contribution >= 0.6 is 0 Å². The average Bonchev–Trinajstić information content (AvgIpc) is 3.44. The van der Waals surface area contributed by atoms with Crippen molar-refractivity contribution < 1.29 is 43.6 Å². The van der Waals surface area contributed by atoms with Gasteiger partial charge in [0, 0.05) is 25.7 Å². The molecule has 4 atom stereocenters. The Labute approximate surface area is 499 Å². The molecular formula is C72H130O9. The SMILES string of the molecule is CCCCCC(O)CC/C=C\CCCCCCCC(=O)OC(CC/C=C\CCCCCCCC(=O)OC(CC/C=C\CCCCCCCC(=O)OC(CC/C=C\CCCCCCCC(=O)O)CCCCC)CCCCC)CCCCC. The number of ether oxygens (including phenoxy) is 3. The number of rotatable bonds is 63. The van der Waals surface area contributed by atoms with Crippen molar-refractivity contribution in [3.8, 4) is 0 Å². The maximum atomic E-state index is 12.9. The summed E-state index contributed by atoms with van der Waals surface area (Å²) in [6.07, 6.45) is 70.7. The number of hydrogen-bond donors (Lipinski definition) is 2. The molecule has 0 spiro atoms. The van der Waals surface area contributed by atoms with E-state index in [0.717, 1.165) is 244 Å². The third-order valence-electron chi connectivity index (χ3n) is 15.7. The summed E-state index contributed by atoms with van der Waals surface area (Å²) in [5.74, 6) is -0.810. The zero-order chi connectivity index (χ0) is 59.2. The molecule has 0 aromatic carbocycles. The lowest BCUT2D eigenvalue weighted by Crippen LogP contribution is -2.18. The van der Waals surface area contributed by atoms with Crippen LogP contribution in [0.3, 0.4) is 0 Å². The summed E-state index contributed by atoms with van der Waals surface area (Å²) in [5.41, 5.74) is 0. The molecule has 0 rings (SSSR count). The van der Waals surface area contributed by atoms with Gasteiger partial charge in [0.15, 0.2) is 0 Å². The largest absolute Gasteiger partial charge is 0.481 e. The summed E-state index contributed by atoms with van der Waals surface area (Å²) in [6.45, 7) is 8.84. The summed E-state index contributed by atoms with van der Waals surface area (Å²) in [6, 6.07) is 0. The van der Waals surface area contributed by atoms with Gasteiger partial charge in [0.1, 0.15) is 18.3 Å². The van der Waals surface area contributed by atoms with Crippen LogP contribution in [0, 0.1) is 0 Å². The monoisotopic (exact) mass is 1140 g/mol. The quantitative estimate of drug-likeness (QED) is 0.0264. The van der Waals surface area contributed by atoms with Crippen LogP contribution in [-0.4, -0.2) is 58.5 Å². The van der Waals surface area contributed by atoms with Gasteiger partial charge < -0.3 is 24.4 Å². The fourth-order valence-corrected chi connectivity index (χ4v) is 10.5. The number of aliphatic hydroxyl groups excluding tert-OH is 1. The van der Waals surface area contributed by atoms with Gasteiger partial charge in [-0.15, -0.1) is 0 Å². The molecule has 81 heavy (non-hydrogen) atoms. The van der Waals surface area contributed by atoms with Crippen molar-refractivity contribution in [3.05, 3.63) is 48.6 Å². The molecule has 0 saturated heterocycles. The Kier molecular flexibility index (Phi) is 60.4. The van der Waals surface area contributed by atoms with E-state index >= 15 is 0 Å². The first-order chi connectivity index (χ1) is 39.6. The minimum Gasteiger partial charge on any atom is -0.481 e. The lowest BCUT2D eigenvalue weighted by molar-refractivity contribution is -0.150. The van der Waals surface area contributed by atoms with Gasteiger partial charge in [0.25, 0.3) is 0 Å². The highest BCUT2D eigenvalue weighted by Crippen LogP contribution is 2.20. The molecule has 9 heteroatoms. The number of aliphatic hydroxyl groups is 1. The lowest BCUT2D eigenvalue weighted by Gasteiger charge is -2.17. The minimum atomic E-state index is -0.701. The molecule has 9 nitrogen and oxygen atoms in total. The van der Waals surface area contributed by atoms with Crippen LogP contribution in [-0.2, 0) is 33.4 Å². The number of carboxylic acids is 1. The van der Waals surface area contributed by atoms with Gasteiger partial charge >= 0.3 is 23.9 Å². The Hall–Kier alpha value is -3.20. The van der Waals surface area contributed by atoms with E-state index in [9.17, 15) is 24.3 Å². The third-order valence-corrected chi connectivity index (χ3v) is 15.7. The van der Waals surface area contributed by atoms with Crippen LogP contribution in [0.2, 0.25) is 0 Å². The third kappa shape index (κ3) is 59.8. The summed E-state index contributed by atoms with van der Waals surface area (Å²) in [7, 11) is 0. The van der Waals surface area contributed by atoms with Gasteiger partial charge in [-0.2, -0.15) is 0 Å². The van der Waals surface area contributed by atoms with Crippen molar-refractivity contribution in [2.45, 2.75) is 386 Å². The van der Waals surface area contributed by atoms with E-state index in [0.29, 0.717) is 19.3 Å². The Bertz CT molecular complexity index is 1520. The summed E-state index contributed by atoms with van der Waals surface area (Å²) >= 11 is 0. The topological polar surface area (TPSA) is 136 Å². The molecular weight excluding hydrogens is 1010 g/mol. The van der Waals surface area contributed by atoms with Crippen molar-refractivity contribution in [1.29, 1.82) is 0 Å². The zero-order valence-electron chi connectivity index (χ0n) is 53.4. The highest BCUT2D eigenvalue weighted by atomic mass is 16.6. The maximum Gasteiger partial charge on any atom is 0.306 e. The molecule has 0 heterocycles. The second kappa shape index (κ2) is 62.8. The number of carbonyl (C=O) groups excluding carboxylic acids is 3. The van der Waals surface area contributed by atoms with Gasteiger partial charge in [-0.05, 0) is 173 Å². The Morgan fingerprint density at radius 3 is 0.827 bits per heavy atom. The molecule has 0 aromatic rings. The first-order valence-electron chi connectivity index (χ1n) is 34.7. The normalized spacial score (nSPS) is 13.4. The van der Waals surface area contributed by atoms with Crippen LogP contribution in [0.25, 0.3) is 0 Å². The van der Waals surface area contributed by atoms with Crippen molar-refractivity contribution in [3.63, 3.8) is 0 Å². The van der Waals surface area contributed by atoms with Gasteiger partial charge in [-0.3, -0.25) is 19.2 Å². The van der Waals surface area contributed by atoms with Crippen molar-refractivity contribution in [1.82, 2.24) is 0 Å². The van der Waals surface area contributed by atoms with Crippen molar-refractivity contribution >= 4 is 23.9 Å². The Morgan fingerprint density at radius 2 is 0.531 bits per heavy atom. The van der Waals surface area contributed by atoms with Gasteiger partial charge in [0.05, 0.1) is 6.10 Å². The number of carboxylic acid groups (broad SMARTS) is 1. The molecule has 0 aliphatic carbocycles. The Balaban J connectivity index is 4.22. The summed E-state index contributed by atoms with van der Waals surface area (Å²) in [4.78, 5) is 49.0. The second-order valence-electron chi connectivity index (χ2n) is 23.8. The number of aliphatic carboxylic acids is 1. The first-order valence-corrected chi connectivity index (χ1v) is 34.7. The fraction of sp³-hybridized carbons (Fsp3) is 0.833. The van der Waals surface area contributed by atoms with E-state index in [2.05, 4.69) is 76.3 Å². The number of hydrogen-bond acceptors (Lipinski definition) is 8. The van der Waals surface area contributed by atoms with E-state index in [1.807, 2.05) is 0 Å². The smallest absolute Gasteiger partial charge is 0.306 e. The van der Waals surface area contributed by atoms with Crippen LogP contribution in [0.15, 0.2) is 48.6 Å². The van der Waals surface area contributed by atoms with Crippen LogP contribution in [0.1, 0.15) is 362 Å². The number of allylic oxidation sites excluding steroid dienone is 8. The van der Waals surface area contributed by atoms with Crippen LogP contribution < -0.4 is 0 Å². The predicted molar refractivity (Wildman–Crippen MR) is 343 cm³/mol. The standard InChI is InChI=1S/C72H130O9/c1-5-9-41-53-65(73)54-45-33-25-17-13-22-30-38-50-62-70(76)80-67(56-43-11-7-3)59-47-35-27-19-15-24-32-40-52-64-72(78)81-68(57-44-12-8-4)60-48-36-28-20-16-23-31-39-51-63-71(77)79-66(55-42-10-6-2)58-46-34-26-18-14-21-29-37-49-61-69(74)75/h25-28,33-36,65-68,73H,5-24,29-32,37-64H2,1-4H3,(H,74,75)/b33-25-,34-26-,35-27-,36-28-. The highest BCUT2D eigenvalue weighted by molar-refractivity contribution is 5.70. The lowest BCUT2D eigenvalue weighted by atomic mass is 10.0. The van der Waals surface area contributed by atoms with E-state index in [1.54, 1.807) is 0 Å². The molecule has 0 bridgehead atoms. The molecule has 0 aliphatic rings. The molecule has 0 radical (unpaired) electrons. The highest BCUT2D eigenvalue weighted by Gasteiger charge is 2.16. The molecule has 0 aromatic heterocycles. The van der Waals surface area contributed by atoms with Crippen LogP contribution in [0.4, 0.5) is 0 Å². The van der Waals surface area contributed by atoms with Crippen LogP contribution in [0.5, 0.6) is 0 Å². The van der Waals surface area contributed by atoms with Crippen molar-refractivity contribution in [2.75, 3.05) is 0 Å². The fourth-order valence-electron chi connectivity index (χ4n) is 10.5. The molecule has 0 aliphatic heterocycles. The summed E-state index contributed by atoms with van der Waals surface area (Å²) < 4.78 is 18.0. The van der Waals surface area contributed by atoms with E-state index < -0.39 is 5.97 Å². The molecule has 4 unspecified atom stereocenters. The molecule has 2 N–H and O–H groups in total. The molecule has 0 saturated carbocycles. The predicted octanol–water partition coefficient (Wildman–Crippen LogP) is 21.8. The van der Waals surface area contributed by atoms with Gasteiger partial charge in [-0.1, -0.05) is 211 Å². The minimum absolute atomic E-state index is 0.00638. The average molecular weight is 1140 g/mol. The summed E-state index contributed by atoms with van der Waals surface area (Å²) in [5, 5.41) is 18.8. The number of esters is 3. The maximum absolute atomic E-state index is 12.9. The molecule has 0 amide bonds. The molecule has 472 valence electrons. The molecule has 0 fully saturated rings. The Morgan fingerprint density at radius 1 is 0.284 bits per heavy atom. The van der Waals surface area contributed by atoms with E-state index in [-0.39, 0.29) is 48.7 Å². The number of unbranched alkanes of at least 4 members (excludes halogenated alkanes) is 28. The van der Waals surface area contributed by atoms with E-state index in [4.69, 9.17) is 19.3 Å². The van der Waals surface area contributed by atoms with Gasteiger partial charge in [-0.25, -0.2) is 0 Å². The van der Waals surface area contributed by atoms with E-state index in [1.165, 1.54) is 64.2 Å². The van der Waals surface area contributed by atoms with Crippen molar-refractivity contribution in [2.24, 2.45) is 0 Å². The first kappa shape index (κ1) is 77.8. The second-order valence-corrected chi connectivity index (χ2v) is 23.8.